The lowest BCUT2D eigenvalue weighted by Crippen LogP contribution is -2.46. The molecular formula is C17H19NO3S. The minimum absolute atomic E-state index is 0.0903. The Morgan fingerprint density at radius 3 is 2.45 bits per heavy atom. The van der Waals surface area contributed by atoms with Gasteiger partial charge in [-0.05, 0) is 23.4 Å². The zero-order valence-electron chi connectivity index (χ0n) is 12.4. The van der Waals surface area contributed by atoms with E-state index in [0.717, 1.165) is 4.88 Å². The number of benzene rings is 1. The molecule has 1 heterocycles. The first-order chi connectivity index (χ1) is 10.6. The largest absolute Gasteiger partial charge is 0.481 e. The van der Waals surface area contributed by atoms with Crippen molar-refractivity contribution in [2.75, 3.05) is 6.54 Å². The summed E-state index contributed by atoms with van der Waals surface area (Å²) in [5.74, 6) is -1.07. The van der Waals surface area contributed by atoms with Gasteiger partial charge in [-0.15, -0.1) is 11.3 Å². The van der Waals surface area contributed by atoms with Crippen LogP contribution in [0.2, 0.25) is 0 Å². The monoisotopic (exact) mass is 317 g/mol. The Balaban J connectivity index is 2.11. The summed E-state index contributed by atoms with van der Waals surface area (Å²) in [5, 5.41) is 14.4. The molecule has 0 saturated heterocycles. The van der Waals surface area contributed by atoms with Gasteiger partial charge < -0.3 is 10.4 Å². The third kappa shape index (κ3) is 3.54. The van der Waals surface area contributed by atoms with E-state index >= 15 is 0 Å². The molecule has 116 valence electrons. The van der Waals surface area contributed by atoms with E-state index < -0.39 is 11.4 Å². The highest BCUT2D eigenvalue weighted by Gasteiger charge is 2.38. The van der Waals surface area contributed by atoms with Crippen LogP contribution in [0.1, 0.15) is 23.8 Å². The summed E-state index contributed by atoms with van der Waals surface area (Å²) in [6.45, 7) is 1.92. The van der Waals surface area contributed by atoms with Crippen LogP contribution in [0.5, 0.6) is 0 Å². The molecule has 0 aliphatic carbocycles. The van der Waals surface area contributed by atoms with Crippen LogP contribution < -0.4 is 5.32 Å². The highest BCUT2D eigenvalue weighted by molar-refractivity contribution is 7.10. The summed E-state index contributed by atoms with van der Waals surface area (Å²) in [4.78, 5) is 24.8. The Kier molecular flexibility index (Phi) is 5.33. The number of carboxylic acid groups (broad SMARTS) is 1. The van der Waals surface area contributed by atoms with Gasteiger partial charge >= 0.3 is 5.97 Å². The molecule has 0 spiro atoms. The first kappa shape index (κ1) is 16.2. The fourth-order valence-electron chi connectivity index (χ4n) is 2.42. The number of carbonyl (C=O) groups is 2. The van der Waals surface area contributed by atoms with Gasteiger partial charge in [-0.2, -0.15) is 0 Å². The van der Waals surface area contributed by atoms with Crippen LogP contribution >= 0.6 is 11.3 Å². The van der Waals surface area contributed by atoms with Crippen molar-refractivity contribution in [1.29, 1.82) is 0 Å². The van der Waals surface area contributed by atoms with Gasteiger partial charge in [0.2, 0.25) is 5.91 Å². The van der Waals surface area contributed by atoms with Gasteiger partial charge in [-0.1, -0.05) is 43.3 Å². The Morgan fingerprint density at radius 2 is 1.91 bits per heavy atom. The molecule has 1 unspecified atom stereocenters. The molecule has 1 aromatic heterocycles. The Hall–Kier alpha value is -2.14. The fourth-order valence-corrected chi connectivity index (χ4v) is 3.13. The van der Waals surface area contributed by atoms with Gasteiger partial charge in [0.15, 0.2) is 0 Å². The van der Waals surface area contributed by atoms with E-state index in [1.54, 1.807) is 12.1 Å². The number of carbonyl (C=O) groups excluding carboxylic acids is 1. The average Bonchev–Trinajstić information content (AvgIpc) is 3.02. The van der Waals surface area contributed by atoms with Gasteiger partial charge in [-0.3, -0.25) is 9.59 Å². The molecule has 2 N–H and O–H groups in total. The van der Waals surface area contributed by atoms with E-state index in [1.807, 2.05) is 42.6 Å². The summed E-state index contributed by atoms with van der Waals surface area (Å²) in [6.07, 6.45) is 0.692. The van der Waals surface area contributed by atoms with Crippen LogP contribution in [0.3, 0.4) is 0 Å². The second kappa shape index (κ2) is 7.22. The van der Waals surface area contributed by atoms with Crippen molar-refractivity contribution in [2.24, 2.45) is 0 Å². The topological polar surface area (TPSA) is 66.4 Å². The average molecular weight is 317 g/mol. The Bertz CT molecular complexity index is 625. The summed E-state index contributed by atoms with van der Waals surface area (Å²) < 4.78 is 0. The van der Waals surface area contributed by atoms with Crippen molar-refractivity contribution in [1.82, 2.24) is 5.32 Å². The minimum atomic E-state index is -1.09. The van der Waals surface area contributed by atoms with Gasteiger partial charge in [0.05, 0.1) is 6.42 Å². The first-order valence-electron chi connectivity index (χ1n) is 7.16. The van der Waals surface area contributed by atoms with Gasteiger partial charge in [0.1, 0.15) is 5.41 Å². The van der Waals surface area contributed by atoms with E-state index in [9.17, 15) is 14.7 Å². The highest BCUT2D eigenvalue weighted by atomic mass is 32.1. The quantitative estimate of drug-likeness (QED) is 0.825. The molecule has 5 heteroatoms. The summed E-state index contributed by atoms with van der Waals surface area (Å²) in [6, 6.07) is 12.9. The molecule has 0 bridgehead atoms. The number of carboxylic acids is 1. The SMILES string of the molecule is CCC(CNC(=O)Cc1cccs1)(C(=O)O)c1ccccc1. The molecule has 4 nitrogen and oxygen atoms in total. The molecule has 0 aliphatic heterocycles. The standard InChI is InChI=1S/C17H19NO3S/c1-2-17(16(20)21,13-7-4-3-5-8-13)12-18-15(19)11-14-9-6-10-22-14/h3-10H,2,11-12H2,1H3,(H,18,19)(H,20,21). The Labute approximate surface area is 133 Å². The maximum atomic E-state index is 12.0. The van der Waals surface area contributed by atoms with Crippen LogP contribution in [0.4, 0.5) is 0 Å². The summed E-state index contributed by atoms with van der Waals surface area (Å²) in [5.41, 5.74) is -0.381. The number of rotatable bonds is 7. The summed E-state index contributed by atoms with van der Waals surface area (Å²) >= 11 is 1.52. The van der Waals surface area contributed by atoms with Gasteiger partial charge in [-0.25, -0.2) is 0 Å². The van der Waals surface area contributed by atoms with Crippen LogP contribution in [0, 0.1) is 0 Å². The molecular weight excluding hydrogens is 298 g/mol. The van der Waals surface area contributed by atoms with Crippen molar-refractivity contribution in [3.05, 3.63) is 58.3 Å². The molecule has 1 amide bonds. The number of hydrogen-bond acceptors (Lipinski definition) is 3. The normalized spacial score (nSPS) is 13.3. The highest BCUT2D eigenvalue weighted by Crippen LogP contribution is 2.27. The Morgan fingerprint density at radius 1 is 1.18 bits per heavy atom. The number of thiophene rings is 1. The molecule has 2 aromatic rings. The molecule has 2 rings (SSSR count). The number of hydrogen-bond donors (Lipinski definition) is 2. The van der Waals surface area contributed by atoms with E-state index in [-0.39, 0.29) is 18.9 Å². The van der Waals surface area contributed by atoms with Crippen molar-refractivity contribution < 1.29 is 14.7 Å². The van der Waals surface area contributed by atoms with Gasteiger partial charge in [0.25, 0.3) is 0 Å². The maximum absolute atomic E-state index is 12.0. The number of nitrogens with one attached hydrogen (secondary N) is 1. The molecule has 0 fully saturated rings. The lowest BCUT2D eigenvalue weighted by molar-refractivity contribution is -0.144. The van der Waals surface area contributed by atoms with Crippen molar-refractivity contribution in [2.45, 2.75) is 25.2 Å². The van der Waals surface area contributed by atoms with Crippen LogP contribution in [0.25, 0.3) is 0 Å². The second-order valence-corrected chi connectivity index (χ2v) is 6.17. The van der Waals surface area contributed by atoms with Crippen molar-refractivity contribution >= 4 is 23.2 Å². The van der Waals surface area contributed by atoms with Crippen LogP contribution in [-0.2, 0) is 21.4 Å². The number of aliphatic carboxylic acids is 1. The zero-order valence-corrected chi connectivity index (χ0v) is 13.2. The smallest absolute Gasteiger partial charge is 0.315 e. The zero-order chi connectivity index (χ0) is 16.0. The van der Waals surface area contributed by atoms with Crippen molar-refractivity contribution in [3.63, 3.8) is 0 Å². The molecule has 0 radical (unpaired) electrons. The van der Waals surface area contributed by atoms with E-state index in [0.29, 0.717) is 12.0 Å². The minimum Gasteiger partial charge on any atom is -0.481 e. The van der Waals surface area contributed by atoms with Crippen LogP contribution in [-0.4, -0.2) is 23.5 Å². The van der Waals surface area contributed by atoms with E-state index in [1.165, 1.54) is 11.3 Å². The lowest BCUT2D eigenvalue weighted by Gasteiger charge is -2.29. The number of amides is 1. The first-order valence-corrected chi connectivity index (χ1v) is 8.04. The third-order valence-corrected chi connectivity index (χ3v) is 4.72. The predicted molar refractivity (Wildman–Crippen MR) is 87.1 cm³/mol. The molecule has 1 atom stereocenters. The van der Waals surface area contributed by atoms with Crippen molar-refractivity contribution in [3.8, 4) is 0 Å². The van der Waals surface area contributed by atoms with E-state index in [2.05, 4.69) is 5.32 Å². The molecule has 0 saturated carbocycles. The molecule has 0 aliphatic rings. The fraction of sp³-hybridized carbons (Fsp3) is 0.294. The van der Waals surface area contributed by atoms with Gasteiger partial charge in [0, 0.05) is 11.4 Å². The van der Waals surface area contributed by atoms with E-state index in [4.69, 9.17) is 0 Å². The second-order valence-electron chi connectivity index (χ2n) is 5.14. The van der Waals surface area contributed by atoms with Crippen LogP contribution in [0.15, 0.2) is 47.8 Å². The molecule has 22 heavy (non-hydrogen) atoms. The third-order valence-electron chi connectivity index (χ3n) is 3.84. The lowest BCUT2D eigenvalue weighted by atomic mass is 9.78. The predicted octanol–water partition coefficient (Wildman–Crippen LogP) is 2.84. The summed E-state index contributed by atoms with van der Waals surface area (Å²) in [7, 11) is 0. The molecule has 1 aromatic carbocycles. The maximum Gasteiger partial charge on any atom is 0.315 e.